The van der Waals surface area contributed by atoms with Gasteiger partial charge in [-0.25, -0.2) is 0 Å². The van der Waals surface area contributed by atoms with Crippen molar-refractivity contribution in [3.63, 3.8) is 0 Å². The average molecular weight is 283 g/mol. The van der Waals surface area contributed by atoms with E-state index in [0.29, 0.717) is 6.54 Å². The molecule has 0 bridgehead atoms. The topological polar surface area (TPSA) is 68.0 Å². The normalized spacial score (nSPS) is 22.1. The quantitative estimate of drug-likeness (QED) is 0.908. The minimum absolute atomic E-state index is 0.00307. The van der Waals surface area contributed by atoms with Crippen molar-refractivity contribution in [1.82, 2.24) is 10.3 Å². The molecule has 1 aromatic heterocycles. The molecule has 21 heavy (non-hydrogen) atoms. The van der Waals surface area contributed by atoms with Gasteiger partial charge in [0, 0.05) is 17.6 Å². The van der Waals surface area contributed by atoms with Crippen molar-refractivity contribution < 1.29 is 4.79 Å². The van der Waals surface area contributed by atoms with Crippen molar-refractivity contribution in [2.45, 2.75) is 38.3 Å². The van der Waals surface area contributed by atoms with Gasteiger partial charge in [-0.2, -0.15) is 0 Å². The third-order valence-electron chi connectivity index (χ3n) is 4.29. The van der Waals surface area contributed by atoms with Crippen LogP contribution >= 0.6 is 0 Å². The highest BCUT2D eigenvalue weighted by Crippen LogP contribution is 2.23. The molecule has 1 aliphatic rings. The van der Waals surface area contributed by atoms with E-state index in [-0.39, 0.29) is 17.9 Å². The summed E-state index contributed by atoms with van der Waals surface area (Å²) in [6.07, 6.45) is 5.94. The Kier molecular flexibility index (Phi) is 4.15. The van der Waals surface area contributed by atoms with Crippen molar-refractivity contribution in [3.05, 3.63) is 42.2 Å². The summed E-state index contributed by atoms with van der Waals surface area (Å²) in [5.74, 6) is 0.0244. The molecule has 1 amide bonds. The maximum atomic E-state index is 12.2. The molecule has 3 N–H and O–H groups in total. The molecule has 1 aliphatic carbocycles. The monoisotopic (exact) mass is 283 g/mol. The molecule has 2 atom stereocenters. The molecule has 110 valence electrons. The fourth-order valence-corrected chi connectivity index (χ4v) is 3.02. The number of carbonyl (C=O) groups excluding carboxylic acids is 1. The van der Waals surface area contributed by atoms with Gasteiger partial charge in [-0.15, -0.1) is 0 Å². The Bertz CT molecular complexity index is 641. The molecular weight excluding hydrogens is 262 g/mol. The van der Waals surface area contributed by atoms with E-state index in [1.165, 1.54) is 0 Å². The van der Waals surface area contributed by atoms with E-state index in [4.69, 9.17) is 5.73 Å². The Hall–Kier alpha value is -1.94. The summed E-state index contributed by atoms with van der Waals surface area (Å²) < 4.78 is 0. The predicted molar refractivity (Wildman–Crippen MR) is 83.5 cm³/mol. The number of nitrogens with one attached hydrogen (secondary N) is 1. The summed E-state index contributed by atoms with van der Waals surface area (Å²) in [5, 5.41) is 5.24. The SMILES string of the molecule is N[C@H]1CCCC[C@H]1C(=O)NCc1cc2ccccc2cn1. The summed E-state index contributed by atoms with van der Waals surface area (Å²) in [4.78, 5) is 16.6. The summed E-state index contributed by atoms with van der Waals surface area (Å²) in [7, 11) is 0. The van der Waals surface area contributed by atoms with Crippen LogP contribution in [0.25, 0.3) is 10.8 Å². The predicted octanol–water partition coefficient (Wildman–Crippen LogP) is 2.37. The molecule has 0 saturated heterocycles. The summed E-state index contributed by atoms with van der Waals surface area (Å²) >= 11 is 0. The molecule has 0 radical (unpaired) electrons. The van der Waals surface area contributed by atoms with E-state index < -0.39 is 0 Å². The van der Waals surface area contributed by atoms with Crippen LogP contribution in [-0.4, -0.2) is 16.9 Å². The number of rotatable bonds is 3. The van der Waals surface area contributed by atoms with Gasteiger partial charge in [-0.1, -0.05) is 37.1 Å². The summed E-state index contributed by atoms with van der Waals surface area (Å²) in [5.41, 5.74) is 6.93. The highest BCUT2D eigenvalue weighted by molar-refractivity contribution is 5.82. The Morgan fingerprint density at radius 3 is 2.81 bits per heavy atom. The molecule has 3 rings (SSSR count). The number of fused-ring (bicyclic) bond motifs is 1. The number of nitrogens with two attached hydrogens (primary N) is 1. The van der Waals surface area contributed by atoms with Crippen LogP contribution in [0.3, 0.4) is 0 Å². The first kappa shape index (κ1) is 14.0. The van der Waals surface area contributed by atoms with Gasteiger partial charge >= 0.3 is 0 Å². The Morgan fingerprint density at radius 2 is 2.00 bits per heavy atom. The molecule has 0 unspecified atom stereocenters. The molecule has 1 aromatic carbocycles. The van der Waals surface area contributed by atoms with Crippen LogP contribution in [0.5, 0.6) is 0 Å². The van der Waals surface area contributed by atoms with Gasteiger partial charge in [0.2, 0.25) is 5.91 Å². The van der Waals surface area contributed by atoms with Crippen LogP contribution in [0, 0.1) is 5.92 Å². The number of hydrogen-bond donors (Lipinski definition) is 2. The zero-order valence-electron chi connectivity index (χ0n) is 12.1. The van der Waals surface area contributed by atoms with Gasteiger partial charge < -0.3 is 11.1 Å². The van der Waals surface area contributed by atoms with Gasteiger partial charge in [0.15, 0.2) is 0 Å². The third kappa shape index (κ3) is 3.22. The highest BCUT2D eigenvalue weighted by Gasteiger charge is 2.27. The molecule has 4 nitrogen and oxygen atoms in total. The Morgan fingerprint density at radius 1 is 1.24 bits per heavy atom. The van der Waals surface area contributed by atoms with Crippen LogP contribution < -0.4 is 11.1 Å². The van der Waals surface area contributed by atoms with E-state index >= 15 is 0 Å². The minimum atomic E-state index is -0.0424. The van der Waals surface area contributed by atoms with E-state index in [1.807, 2.05) is 30.5 Å². The zero-order valence-corrected chi connectivity index (χ0v) is 12.1. The van der Waals surface area contributed by atoms with E-state index in [9.17, 15) is 4.79 Å². The van der Waals surface area contributed by atoms with Crippen molar-refractivity contribution in [3.8, 4) is 0 Å². The molecule has 1 heterocycles. The van der Waals surface area contributed by atoms with Gasteiger partial charge in [0.25, 0.3) is 0 Å². The van der Waals surface area contributed by atoms with E-state index in [1.54, 1.807) is 0 Å². The second-order valence-electron chi connectivity index (χ2n) is 5.80. The lowest BCUT2D eigenvalue weighted by molar-refractivity contribution is -0.126. The average Bonchev–Trinajstić information content (AvgIpc) is 2.53. The maximum Gasteiger partial charge on any atom is 0.224 e. The summed E-state index contributed by atoms with van der Waals surface area (Å²) in [6, 6.07) is 10.1. The summed E-state index contributed by atoms with van der Waals surface area (Å²) in [6.45, 7) is 0.465. The van der Waals surface area contributed by atoms with Crippen LogP contribution in [0.15, 0.2) is 36.5 Å². The fraction of sp³-hybridized carbons (Fsp3) is 0.412. The number of nitrogens with zero attached hydrogens (tertiary/aromatic N) is 1. The van der Waals surface area contributed by atoms with Crippen molar-refractivity contribution in [2.24, 2.45) is 11.7 Å². The molecule has 1 fully saturated rings. The first-order valence-corrected chi connectivity index (χ1v) is 7.61. The Balaban J connectivity index is 1.64. The first-order chi connectivity index (χ1) is 10.2. The zero-order chi connectivity index (χ0) is 14.7. The number of amides is 1. The smallest absolute Gasteiger partial charge is 0.224 e. The largest absolute Gasteiger partial charge is 0.350 e. The molecule has 0 spiro atoms. The van der Waals surface area contributed by atoms with Gasteiger partial charge in [0.1, 0.15) is 0 Å². The molecule has 0 aliphatic heterocycles. The molecule has 1 saturated carbocycles. The van der Waals surface area contributed by atoms with Crippen LogP contribution in [-0.2, 0) is 11.3 Å². The lowest BCUT2D eigenvalue weighted by atomic mass is 9.84. The number of carbonyl (C=O) groups is 1. The number of aromatic nitrogens is 1. The van der Waals surface area contributed by atoms with Crippen molar-refractivity contribution in [2.75, 3.05) is 0 Å². The number of hydrogen-bond acceptors (Lipinski definition) is 3. The van der Waals surface area contributed by atoms with Crippen LogP contribution in [0.2, 0.25) is 0 Å². The fourth-order valence-electron chi connectivity index (χ4n) is 3.02. The first-order valence-electron chi connectivity index (χ1n) is 7.61. The maximum absolute atomic E-state index is 12.2. The lowest BCUT2D eigenvalue weighted by Crippen LogP contribution is -2.43. The van der Waals surface area contributed by atoms with Crippen LogP contribution in [0.4, 0.5) is 0 Å². The lowest BCUT2D eigenvalue weighted by Gasteiger charge is -2.27. The Labute approximate surface area is 124 Å². The standard InChI is InChI=1S/C17H21N3O/c18-16-8-4-3-7-15(16)17(21)20-11-14-9-12-5-1-2-6-13(12)10-19-14/h1-2,5-6,9-10,15-16H,3-4,7-8,11,18H2,(H,20,21)/t15-,16+/m1/s1. The molecule has 2 aromatic rings. The molecule has 4 heteroatoms. The van der Waals surface area contributed by atoms with Crippen LogP contribution in [0.1, 0.15) is 31.4 Å². The third-order valence-corrected chi connectivity index (χ3v) is 4.29. The molecular formula is C17H21N3O. The van der Waals surface area contributed by atoms with Gasteiger partial charge in [0.05, 0.1) is 18.2 Å². The van der Waals surface area contributed by atoms with Gasteiger partial charge in [-0.3, -0.25) is 9.78 Å². The number of pyridine rings is 1. The number of benzene rings is 1. The van der Waals surface area contributed by atoms with E-state index in [0.717, 1.165) is 42.1 Å². The highest BCUT2D eigenvalue weighted by atomic mass is 16.1. The van der Waals surface area contributed by atoms with Gasteiger partial charge in [-0.05, 0) is 24.3 Å². The minimum Gasteiger partial charge on any atom is -0.350 e. The van der Waals surface area contributed by atoms with E-state index in [2.05, 4.69) is 16.4 Å². The second-order valence-corrected chi connectivity index (χ2v) is 5.80. The van der Waals surface area contributed by atoms with Crippen molar-refractivity contribution in [1.29, 1.82) is 0 Å². The van der Waals surface area contributed by atoms with Crippen molar-refractivity contribution >= 4 is 16.7 Å². The second kappa shape index (κ2) is 6.22.